The van der Waals surface area contributed by atoms with Gasteiger partial charge in [-0.25, -0.2) is 0 Å². The van der Waals surface area contributed by atoms with Crippen LogP contribution in [0, 0.1) is 0 Å². The van der Waals surface area contributed by atoms with Gasteiger partial charge >= 0.3 is 5.97 Å². The van der Waals surface area contributed by atoms with Crippen molar-refractivity contribution in [3.63, 3.8) is 0 Å². The summed E-state index contributed by atoms with van der Waals surface area (Å²) in [4.78, 5) is 9.81. The Hall–Kier alpha value is -0.310. The van der Waals surface area contributed by atoms with Gasteiger partial charge in [0.05, 0.1) is 6.42 Å². The lowest BCUT2D eigenvalue weighted by Gasteiger charge is -1.79. The first kappa shape index (κ1) is 7.69. The van der Waals surface area contributed by atoms with Gasteiger partial charge in [0.1, 0.15) is 0 Å². The molecule has 0 radical (unpaired) electrons. The highest BCUT2D eigenvalue weighted by atomic mass is 79.9. The molecule has 0 aromatic rings. The Kier molecular flexibility index (Phi) is 4.65. The fraction of sp³-hybridized carbons (Fsp3) is 0.400. The van der Waals surface area contributed by atoms with E-state index in [2.05, 4.69) is 15.9 Å². The van der Waals surface area contributed by atoms with Crippen LogP contribution < -0.4 is 0 Å². The van der Waals surface area contributed by atoms with Crippen molar-refractivity contribution in [3.8, 4) is 0 Å². The smallest absolute Gasteiger partial charge is 0.307 e. The number of aliphatic carboxylic acids is 1. The van der Waals surface area contributed by atoms with E-state index in [-0.39, 0.29) is 6.42 Å². The van der Waals surface area contributed by atoms with Gasteiger partial charge in [0.25, 0.3) is 0 Å². The molecule has 0 aliphatic rings. The second kappa shape index (κ2) is 4.84. The van der Waals surface area contributed by atoms with E-state index in [4.69, 9.17) is 5.11 Å². The van der Waals surface area contributed by atoms with E-state index >= 15 is 0 Å². The molecule has 0 aliphatic heterocycles. The van der Waals surface area contributed by atoms with E-state index in [0.717, 1.165) is 5.33 Å². The summed E-state index contributed by atoms with van der Waals surface area (Å²) >= 11 is 3.12. The third kappa shape index (κ3) is 5.69. The van der Waals surface area contributed by atoms with E-state index < -0.39 is 5.97 Å². The maximum absolute atomic E-state index is 9.81. The Morgan fingerprint density at radius 3 is 2.62 bits per heavy atom. The van der Waals surface area contributed by atoms with Crippen molar-refractivity contribution >= 4 is 21.9 Å². The van der Waals surface area contributed by atoms with E-state index in [9.17, 15) is 4.79 Å². The van der Waals surface area contributed by atoms with Crippen molar-refractivity contribution in [2.75, 3.05) is 5.33 Å². The molecule has 0 saturated heterocycles. The lowest BCUT2D eigenvalue weighted by Crippen LogP contribution is -1.89. The predicted octanol–water partition coefficient (Wildman–Crippen LogP) is 1.41. The predicted molar refractivity (Wildman–Crippen MR) is 35.2 cm³/mol. The molecule has 0 bridgehead atoms. The van der Waals surface area contributed by atoms with Gasteiger partial charge in [-0.1, -0.05) is 28.1 Å². The zero-order valence-corrected chi connectivity index (χ0v) is 5.89. The first-order valence-electron chi connectivity index (χ1n) is 2.20. The monoisotopic (exact) mass is 178 g/mol. The number of halogens is 1. The largest absolute Gasteiger partial charge is 0.481 e. The topological polar surface area (TPSA) is 37.3 Å². The van der Waals surface area contributed by atoms with Crippen molar-refractivity contribution in [1.82, 2.24) is 0 Å². The molecule has 0 fully saturated rings. The van der Waals surface area contributed by atoms with Crippen LogP contribution in [-0.2, 0) is 4.79 Å². The molecular formula is C5H7BrO2. The fourth-order valence-electron chi connectivity index (χ4n) is 0.247. The Morgan fingerprint density at radius 1 is 1.62 bits per heavy atom. The third-order valence-electron chi connectivity index (χ3n) is 0.548. The average Bonchev–Trinajstić information content (AvgIpc) is 1.66. The Balaban J connectivity index is 3.16. The van der Waals surface area contributed by atoms with Crippen molar-refractivity contribution < 1.29 is 9.90 Å². The van der Waals surface area contributed by atoms with Crippen molar-refractivity contribution in [2.24, 2.45) is 0 Å². The van der Waals surface area contributed by atoms with Crippen LogP contribution in [0.1, 0.15) is 6.42 Å². The summed E-state index contributed by atoms with van der Waals surface area (Å²) < 4.78 is 0. The summed E-state index contributed by atoms with van der Waals surface area (Å²) in [6, 6.07) is 0. The maximum Gasteiger partial charge on any atom is 0.307 e. The van der Waals surface area contributed by atoms with Crippen LogP contribution in [0.3, 0.4) is 0 Å². The lowest BCUT2D eigenvalue weighted by atomic mass is 10.4. The standard InChI is InChI=1S/C5H7BrO2/c6-4-2-1-3-5(7)8/h1-2H,3-4H2,(H,7,8)/b2-1+. The van der Waals surface area contributed by atoms with E-state index in [1.165, 1.54) is 0 Å². The molecule has 46 valence electrons. The minimum atomic E-state index is -0.790. The highest BCUT2D eigenvalue weighted by Gasteiger charge is 1.86. The molecule has 8 heavy (non-hydrogen) atoms. The van der Waals surface area contributed by atoms with Gasteiger partial charge < -0.3 is 5.11 Å². The number of hydrogen-bond donors (Lipinski definition) is 1. The second-order valence-electron chi connectivity index (χ2n) is 1.22. The fourth-order valence-corrected chi connectivity index (χ4v) is 0.511. The van der Waals surface area contributed by atoms with Gasteiger partial charge in [0, 0.05) is 5.33 Å². The molecule has 0 unspecified atom stereocenters. The van der Waals surface area contributed by atoms with Gasteiger partial charge in [0.2, 0.25) is 0 Å². The molecule has 2 nitrogen and oxygen atoms in total. The molecule has 0 rings (SSSR count). The number of alkyl halides is 1. The summed E-state index contributed by atoms with van der Waals surface area (Å²) in [6.07, 6.45) is 3.48. The van der Waals surface area contributed by atoms with Crippen LogP contribution in [0.25, 0.3) is 0 Å². The highest BCUT2D eigenvalue weighted by Crippen LogP contribution is 1.85. The zero-order chi connectivity index (χ0) is 6.41. The lowest BCUT2D eigenvalue weighted by molar-refractivity contribution is -0.135. The van der Waals surface area contributed by atoms with E-state index in [1.54, 1.807) is 12.2 Å². The molecular weight excluding hydrogens is 172 g/mol. The molecule has 0 heterocycles. The number of carbonyl (C=O) groups is 1. The third-order valence-corrected chi connectivity index (χ3v) is 0.922. The molecule has 0 atom stereocenters. The average molecular weight is 179 g/mol. The quantitative estimate of drug-likeness (QED) is 0.525. The number of carboxylic acid groups (broad SMARTS) is 1. The van der Waals surface area contributed by atoms with E-state index in [1.807, 2.05) is 0 Å². The van der Waals surface area contributed by atoms with Crippen LogP contribution in [0.5, 0.6) is 0 Å². The first-order chi connectivity index (χ1) is 3.77. The van der Waals surface area contributed by atoms with Crippen LogP contribution in [0.2, 0.25) is 0 Å². The van der Waals surface area contributed by atoms with Gasteiger partial charge in [-0.2, -0.15) is 0 Å². The van der Waals surface area contributed by atoms with Crippen molar-refractivity contribution in [2.45, 2.75) is 6.42 Å². The molecule has 3 heteroatoms. The number of hydrogen-bond acceptors (Lipinski definition) is 1. The second-order valence-corrected chi connectivity index (χ2v) is 1.87. The van der Waals surface area contributed by atoms with Crippen molar-refractivity contribution in [1.29, 1.82) is 0 Å². The van der Waals surface area contributed by atoms with E-state index in [0.29, 0.717) is 0 Å². The number of allylic oxidation sites excluding steroid dienone is 1. The van der Waals surface area contributed by atoms with Gasteiger partial charge in [-0.15, -0.1) is 0 Å². The normalized spacial score (nSPS) is 10.1. The van der Waals surface area contributed by atoms with Gasteiger partial charge in [-0.3, -0.25) is 4.79 Å². The number of carboxylic acids is 1. The summed E-state index contributed by atoms with van der Waals surface area (Å²) in [5.41, 5.74) is 0. The maximum atomic E-state index is 9.81. The van der Waals surface area contributed by atoms with Crippen LogP contribution in [0.4, 0.5) is 0 Å². The Bertz CT molecular complexity index is 98.6. The minimum Gasteiger partial charge on any atom is -0.481 e. The Labute approximate surface area is 56.3 Å². The number of rotatable bonds is 3. The molecule has 1 N–H and O–H groups in total. The summed E-state index contributed by atoms with van der Waals surface area (Å²) in [6.45, 7) is 0. The molecule has 0 aromatic heterocycles. The summed E-state index contributed by atoms with van der Waals surface area (Å²) in [7, 11) is 0. The highest BCUT2D eigenvalue weighted by molar-refractivity contribution is 9.09. The summed E-state index contributed by atoms with van der Waals surface area (Å²) in [5.74, 6) is -0.790. The van der Waals surface area contributed by atoms with Crippen LogP contribution in [0.15, 0.2) is 12.2 Å². The first-order valence-corrected chi connectivity index (χ1v) is 3.32. The molecule has 0 aromatic carbocycles. The van der Waals surface area contributed by atoms with Crippen LogP contribution in [-0.4, -0.2) is 16.4 Å². The SMILES string of the molecule is O=C(O)C/C=C/CBr. The molecule has 0 saturated carbocycles. The van der Waals surface area contributed by atoms with Gasteiger partial charge in [-0.05, 0) is 0 Å². The molecule has 0 spiro atoms. The Morgan fingerprint density at radius 2 is 2.25 bits per heavy atom. The molecule has 0 amide bonds. The van der Waals surface area contributed by atoms with Crippen LogP contribution >= 0.6 is 15.9 Å². The van der Waals surface area contributed by atoms with Gasteiger partial charge in [0.15, 0.2) is 0 Å². The zero-order valence-electron chi connectivity index (χ0n) is 4.30. The van der Waals surface area contributed by atoms with Crippen molar-refractivity contribution in [3.05, 3.63) is 12.2 Å². The minimum absolute atomic E-state index is 0.117. The molecule has 0 aliphatic carbocycles. The summed E-state index contributed by atoms with van der Waals surface area (Å²) in [5, 5.41) is 8.80.